The van der Waals surface area contributed by atoms with E-state index >= 15 is 0 Å². The molecule has 0 spiro atoms. The lowest BCUT2D eigenvalue weighted by atomic mass is 10.4. The van der Waals surface area contributed by atoms with Crippen LogP contribution in [0.15, 0.2) is 18.7 Å². The molecule has 1 fully saturated rings. The number of hydrogen-bond donors (Lipinski definition) is 0. The smallest absolute Gasteiger partial charge is 0.264 e. The maximum atomic E-state index is 11.7. The van der Waals surface area contributed by atoms with Gasteiger partial charge in [0.05, 0.1) is 7.05 Å². The van der Waals surface area contributed by atoms with E-state index in [-0.39, 0.29) is 13.3 Å². The standard InChI is InChI=1S/C10H16N3O.CH4/c1-11-6-7-12(9-11)8-10(14)13-4-2-3-5-13;/h6-7,9H,2-5,8H2,1H3;1H4/q+1;. The van der Waals surface area contributed by atoms with Crippen LogP contribution in [0.25, 0.3) is 0 Å². The van der Waals surface area contributed by atoms with Gasteiger partial charge in [0.1, 0.15) is 12.4 Å². The Kier molecular flexibility index (Phi) is 3.88. The van der Waals surface area contributed by atoms with Gasteiger partial charge in [-0.3, -0.25) is 4.79 Å². The Morgan fingerprint density at radius 1 is 1.40 bits per heavy atom. The van der Waals surface area contributed by atoms with Gasteiger partial charge in [-0.2, -0.15) is 0 Å². The van der Waals surface area contributed by atoms with E-state index in [0.717, 1.165) is 25.9 Å². The third kappa shape index (κ3) is 2.81. The molecule has 2 heterocycles. The van der Waals surface area contributed by atoms with Crippen molar-refractivity contribution in [1.82, 2.24) is 9.47 Å². The van der Waals surface area contributed by atoms with Crippen molar-refractivity contribution in [3.8, 4) is 0 Å². The Hall–Kier alpha value is -1.32. The number of aryl methyl sites for hydroxylation is 1. The molecule has 1 aliphatic heterocycles. The van der Waals surface area contributed by atoms with Crippen LogP contribution in [0.5, 0.6) is 0 Å². The molecule has 0 radical (unpaired) electrons. The minimum absolute atomic E-state index is 0. The fourth-order valence-electron chi connectivity index (χ4n) is 1.82. The van der Waals surface area contributed by atoms with E-state index in [0.29, 0.717) is 6.54 Å². The lowest BCUT2D eigenvalue weighted by molar-refractivity contribution is -0.671. The van der Waals surface area contributed by atoms with Crippen molar-refractivity contribution in [1.29, 1.82) is 0 Å². The van der Waals surface area contributed by atoms with Gasteiger partial charge in [-0.25, -0.2) is 9.13 Å². The molecule has 0 N–H and O–H groups in total. The van der Waals surface area contributed by atoms with Crippen LogP contribution in [0.2, 0.25) is 0 Å². The number of carbonyl (C=O) groups is 1. The fourth-order valence-corrected chi connectivity index (χ4v) is 1.82. The molecule has 15 heavy (non-hydrogen) atoms. The van der Waals surface area contributed by atoms with Crippen LogP contribution in [0.1, 0.15) is 20.3 Å². The summed E-state index contributed by atoms with van der Waals surface area (Å²) in [5.41, 5.74) is 0. The number of amides is 1. The van der Waals surface area contributed by atoms with Gasteiger partial charge in [0.25, 0.3) is 5.91 Å². The summed E-state index contributed by atoms with van der Waals surface area (Å²) in [6.45, 7) is 2.35. The third-order valence-corrected chi connectivity index (χ3v) is 2.60. The maximum absolute atomic E-state index is 11.7. The second-order valence-corrected chi connectivity index (χ2v) is 3.84. The zero-order chi connectivity index (χ0) is 9.97. The van der Waals surface area contributed by atoms with Crippen LogP contribution in [0, 0.1) is 0 Å². The van der Waals surface area contributed by atoms with Gasteiger partial charge in [0.2, 0.25) is 6.33 Å². The van der Waals surface area contributed by atoms with Crippen molar-refractivity contribution in [3.05, 3.63) is 18.7 Å². The first kappa shape index (κ1) is 11.8. The molecule has 1 aromatic rings. The first-order valence-corrected chi connectivity index (χ1v) is 5.04. The summed E-state index contributed by atoms with van der Waals surface area (Å²) in [5.74, 6) is 0.235. The van der Waals surface area contributed by atoms with Gasteiger partial charge in [-0.15, -0.1) is 0 Å². The van der Waals surface area contributed by atoms with Crippen molar-refractivity contribution in [3.63, 3.8) is 0 Å². The highest BCUT2D eigenvalue weighted by Crippen LogP contribution is 2.07. The zero-order valence-electron chi connectivity index (χ0n) is 8.52. The largest absolute Gasteiger partial charge is 0.339 e. The third-order valence-electron chi connectivity index (χ3n) is 2.60. The lowest BCUT2D eigenvalue weighted by Crippen LogP contribution is -2.31. The molecule has 1 amide bonds. The number of nitrogens with zero attached hydrogens (tertiary/aromatic N) is 3. The highest BCUT2D eigenvalue weighted by atomic mass is 16.2. The van der Waals surface area contributed by atoms with Crippen LogP contribution in [-0.2, 0) is 18.4 Å². The van der Waals surface area contributed by atoms with Gasteiger partial charge in [0, 0.05) is 13.1 Å². The number of rotatable bonds is 2. The van der Waals surface area contributed by atoms with E-state index in [1.165, 1.54) is 0 Å². The summed E-state index contributed by atoms with van der Waals surface area (Å²) < 4.78 is 3.86. The summed E-state index contributed by atoms with van der Waals surface area (Å²) in [6.07, 6.45) is 8.11. The minimum atomic E-state index is 0. The molecule has 0 aromatic carbocycles. The predicted molar refractivity (Wildman–Crippen MR) is 58.2 cm³/mol. The second-order valence-electron chi connectivity index (χ2n) is 3.84. The zero-order valence-corrected chi connectivity index (χ0v) is 8.52. The Morgan fingerprint density at radius 3 is 2.60 bits per heavy atom. The summed E-state index contributed by atoms with van der Waals surface area (Å²) in [7, 11) is 1.96. The molecule has 84 valence electrons. The first-order chi connectivity index (χ1) is 6.75. The highest BCUT2D eigenvalue weighted by Gasteiger charge is 2.19. The molecular weight excluding hydrogens is 190 g/mol. The van der Waals surface area contributed by atoms with Crippen LogP contribution in [-0.4, -0.2) is 28.5 Å². The Morgan fingerprint density at radius 2 is 2.07 bits per heavy atom. The van der Waals surface area contributed by atoms with Gasteiger partial charge in [-0.05, 0) is 12.8 Å². The Labute approximate surface area is 91.1 Å². The van der Waals surface area contributed by atoms with Gasteiger partial charge >= 0.3 is 0 Å². The SMILES string of the molecule is C.C[n+]1ccn(CC(=O)N2CCCC2)c1. The summed E-state index contributed by atoms with van der Waals surface area (Å²) in [6, 6.07) is 0. The normalized spacial score (nSPS) is 15.1. The molecule has 0 atom stereocenters. The Bertz CT molecular complexity index is 326. The van der Waals surface area contributed by atoms with Crippen molar-refractivity contribution >= 4 is 5.91 Å². The van der Waals surface area contributed by atoms with Crippen molar-refractivity contribution in [2.75, 3.05) is 13.1 Å². The molecule has 0 aliphatic carbocycles. The number of imidazole rings is 1. The molecular formula is C11H20N3O+. The molecule has 2 rings (SSSR count). The molecule has 1 saturated heterocycles. The number of likely N-dealkylation sites (tertiary alicyclic amines) is 1. The lowest BCUT2D eigenvalue weighted by Gasteiger charge is -2.12. The van der Waals surface area contributed by atoms with Crippen LogP contribution in [0.4, 0.5) is 0 Å². The average Bonchev–Trinajstić information content (AvgIpc) is 2.75. The van der Waals surface area contributed by atoms with E-state index in [4.69, 9.17) is 0 Å². The topological polar surface area (TPSA) is 29.1 Å². The second kappa shape index (κ2) is 4.96. The number of carbonyl (C=O) groups excluding carboxylic acids is 1. The van der Waals surface area contributed by atoms with E-state index < -0.39 is 0 Å². The van der Waals surface area contributed by atoms with Gasteiger partial charge in [-0.1, -0.05) is 7.43 Å². The van der Waals surface area contributed by atoms with Gasteiger partial charge in [0.15, 0.2) is 6.54 Å². The van der Waals surface area contributed by atoms with E-state index in [1.54, 1.807) is 0 Å². The number of aromatic nitrogens is 2. The summed E-state index contributed by atoms with van der Waals surface area (Å²) in [4.78, 5) is 13.7. The van der Waals surface area contributed by atoms with E-state index in [2.05, 4.69) is 0 Å². The van der Waals surface area contributed by atoms with Crippen molar-refractivity contribution in [2.24, 2.45) is 7.05 Å². The maximum Gasteiger partial charge on any atom is 0.264 e. The molecule has 0 bridgehead atoms. The van der Waals surface area contributed by atoms with Gasteiger partial charge < -0.3 is 4.90 Å². The molecule has 0 saturated carbocycles. The molecule has 4 heteroatoms. The molecule has 0 unspecified atom stereocenters. The Balaban J connectivity index is 0.00000112. The molecule has 4 nitrogen and oxygen atoms in total. The summed E-state index contributed by atoms with van der Waals surface area (Å²) >= 11 is 0. The van der Waals surface area contributed by atoms with Crippen LogP contribution >= 0.6 is 0 Å². The monoisotopic (exact) mass is 210 g/mol. The average molecular weight is 210 g/mol. The fraction of sp³-hybridized carbons (Fsp3) is 0.636. The van der Waals surface area contributed by atoms with E-state index in [9.17, 15) is 4.79 Å². The minimum Gasteiger partial charge on any atom is -0.339 e. The first-order valence-electron chi connectivity index (χ1n) is 5.04. The molecule has 1 aromatic heterocycles. The summed E-state index contributed by atoms with van der Waals surface area (Å²) in [5, 5.41) is 0. The van der Waals surface area contributed by atoms with Crippen LogP contribution in [0.3, 0.4) is 0 Å². The predicted octanol–water partition coefficient (Wildman–Crippen LogP) is 0.571. The quantitative estimate of drug-likeness (QED) is 0.656. The van der Waals surface area contributed by atoms with Crippen molar-refractivity contribution in [2.45, 2.75) is 26.8 Å². The van der Waals surface area contributed by atoms with Crippen molar-refractivity contribution < 1.29 is 9.36 Å². The highest BCUT2D eigenvalue weighted by molar-refractivity contribution is 5.76. The number of hydrogen-bond acceptors (Lipinski definition) is 1. The van der Waals surface area contributed by atoms with Crippen LogP contribution < -0.4 is 4.57 Å². The van der Waals surface area contributed by atoms with E-state index in [1.807, 2.05) is 39.8 Å². The molecule has 1 aliphatic rings.